The highest BCUT2D eigenvalue weighted by atomic mass is 32.2. The quantitative estimate of drug-likeness (QED) is 0.239. The SMILES string of the molecule is COc1ccc(SN(CCCNC(=O)OC2COC(OC)C(C)CC2C)CC(C)C)cc1.Cc1ccccc1. The topological polar surface area (TPSA) is 69.3 Å². The maximum atomic E-state index is 12.3. The molecule has 0 aliphatic carbocycles. The molecule has 0 bridgehead atoms. The number of hydrogen-bond acceptors (Lipinski definition) is 7. The van der Waals surface area contributed by atoms with E-state index < -0.39 is 0 Å². The lowest BCUT2D eigenvalue weighted by molar-refractivity contribution is -0.155. The van der Waals surface area contributed by atoms with Crippen LogP contribution in [0.5, 0.6) is 5.75 Å². The van der Waals surface area contributed by atoms with Crippen LogP contribution in [-0.4, -0.2) is 63.3 Å². The monoisotopic (exact) mass is 560 g/mol. The van der Waals surface area contributed by atoms with Crippen LogP contribution in [0.1, 0.15) is 46.1 Å². The third-order valence-electron chi connectivity index (χ3n) is 6.42. The van der Waals surface area contributed by atoms with Crippen LogP contribution < -0.4 is 10.1 Å². The molecule has 1 fully saturated rings. The van der Waals surface area contributed by atoms with Crippen molar-refractivity contribution in [3.8, 4) is 5.75 Å². The number of carbonyl (C=O) groups is 1. The van der Waals surface area contributed by atoms with Crippen LogP contribution in [0.2, 0.25) is 0 Å². The number of nitrogens with one attached hydrogen (secondary N) is 1. The number of amides is 1. The minimum absolute atomic E-state index is 0.221. The summed E-state index contributed by atoms with van der Waals surface area (Å²) in [6.45, 7) is 13.5. The molecule has 1 aliphatic rings. The van der Waals surface area contributed by atoms with Gasteiger partial charge in [-0.15, -0.1) is 0 Å². The second-order valence-corrected chi connectivity index (χ2v) is 11.7. The van der Waals surface area contributed by atoms with Gasteiger partial charge < -0.3 is 24.3 Å². The molecule has 8 heteroatoms. The molecule has 218 valence electrons. The van der Waals surface area contributed by atoms with Crippen LogP contribution in [-0.2, 0) is 14.2 Å². The van der Waals surface area contributed by atoms with E-state index in [1.54, 1.807) is 26.2 Å². The van der Waals surface area contributed by atoms with E-state index in [0.717, 1.165) is 31.7 Å². The average molecular weight is 561 g/mol. The second-order valence-electron chi connectivity index (χ2n) is 10.6. The van der Waals surface area contributed by atoms with Crippen molar-refractivity contribution >= 4 is 18.0 Å². The summed E-state index contributed by atoms with van der Waals surface area (Å²) in [5.74, 6) is 1.89. The highest BCUT2D eigenvalue weighted by Crippen LogP contribution is 2.27. The maximum absolute atomic E-state index is 12.3. The largest absolute Gasteiger partial charge is 0.497 e. The van der Waals surface area contributed by atoms with Gasteiger partial charge in [-0.05, 0) is 67.8 Å². The van der Waals surface area contributed by atoms with E-state index in [1.807, 2.05) is 30.3 Å². The van der Waals surface area contributed by atoms with Crippen LogP contribution in [0.15, 0.2) is 59.5 Å². The molecule has 39 heavy (non-hydrogen) atoms. The molecule has 0 spiro atoms. The number of aryl methyl sites for hydroxylation is 1. The first-order valence-electron chi connectivity index (χ1n) is 13.9. The molecule has 1 heterocycles. The predicted octanol–water partition coefficient (Wildman–Crippen LogP) is 6.81. The highest BCUT2D eigenvalue weighted by Gasteiger charge is 2.32. The summed E-state index contributed by atoms with van der Waals surface area (Å²) in [4.78, 5) is 13.5. The number of methoxy groups -OCH3 is 2. The van der Waals surface area contributed by atoms with Crippen molar-refractivity contribution in [2.45, 2.75) is 64.7 Å². The first-order valence-corrected chi connectivity index (χ1v) is 14.7. The minimum atomic E-state index is -0.382. The number of carbonyl (C=O) groups excluding carboxylic acids is 1. The first-order chi connectivity index (χ1) is 18.7. The molecule has 0 aromatic heterocycles. The molecule has 0 radical (unpaired) electrons. The van der Waals surface area contributed by atoms with Gasteiger partial charge in [0.05, 0.1) is 13.7 Å². The van der Waals surface area contributed by atoms with Gasteiger partial charge in [0, 0.05) is 37.6 Å². The smallest absolute Gasteiger partial charge is 0.407 e. The summed E-state index contributed by atoms with van der Waals surface area (Å²) in [5.41, 5.74) is 1.32. The summed E-state index contributed by atoms with van der Waals surface area (Å²) >= 11 is 1.73. The Morgan fingerprint density at radius 2 is 1.77 bits per heavy atom. The third kappa shape index (κ3) is 13.1. The van der Waals surface area contributed by atoms with E-state index >= 15 is 0 Å². The number of rotatable bonds is 11. The molecule has 1 amide bonds. The zero-order valence-corrected chi connectivity index (χ0v) is 25.5. The maximum Gasteiger partial charge on any atom is 0.407 e. The Labute approximate surface area is 240 Å². The lowest BCUT2D eigenvalue weighted by Crippen LogP contribution is -2.35. The van der Waals surface area contributed by atoms with Crippen molar-refractivity contribution in [2.75, 3.05) is 40.5 Å². The van der Waals surface area contributed by atoms with Gasteiger partial charge in [0.15, 0.2) is 6.29 Å². The number of alkyl carbamates (subject to hydrolysis) is 1. The van der Waals surface area contributed by atoms with E-state index in [4.69, 9.17) is 18.9 Å². The van der Waals surface area contributed by atoms with Crippen LogP contribution in [0.25, 0.3) is 0 Å². The Kier molecular flexibility index (Phi) is 15.3. The lowest BCUT2D eigenvalue weighted by Gasteiger charge is -2.24. The van der Waals surface area contributed by atoms with Gasteiger partial charge in [-0.25, -0.2) is 9.10 Å². The van der Waals surface area contributed by atoms with E-state index in [0.29, 0.717) is 19.1 Å². The normalized spacial score (nSPS) is 21.1. The zero-order valence-electron chi connectivity index (χ0n) is 24.7. The number of hydrogen-bond donors (Lipinski definition) is 1. The Morgan fingerprint density at radius 1 is 1.08 bits per heavy atom. The van der Waals surface area contributed by atoms with Crippen LogP contribution in [0.3, 0.4) is 0 Å². The van der Waals surface area contributed by atoms with Gasteiger partial charge in [-0.3, -0.25) is 0 Å². The molecular formula is C31H48N2O5S. The predicted molar refractivity (Wildman–Crippen MR) is 159 cm³/mol. The molecular weight excluding hydrogens is 512 g/mol. The second kappa shape index (κ2) is 18.2. The molecule has 0 saturated carbocycles. The van der Waals surface area contributed by atoms with E-state index in [1.165, 1.54) is 10.5 Å². The zero-order chi connectivity index (χ0) is 28.6. The van der Waals surface area contributed by atoms with E-state index in [-0.39, 0.29) is 30.3 Å². The fraction of sp³-hybridized carbons (Fsp3) is 0.581. The molecule has 3 rings (SSSR count). The van der Waals surface area contributed by atoms with Crippen LogP contribution in [0, 0.1) is 24.7 Å². The Hall–Kier alpha value is -2.26. The van der Waals surface area contributed by atoms with Gasteiger partial charge in [0.2, 0.25) is 0 Å². The molecule has 4 unspecified atom stereocenters. The van der Waals surface area contributed by atoms with Crippen molar-refractivity contribution in [1.29, 1.82) is 0 Å². The van der Waals surface area contributed by atoms with Gasteiger partial charge in [-0.1, -0.05) is 63.6 Å². The molecule has 7 nitrogen and oxygen atoms in total. The lowest BCUT2D eigenvalue weighted by atomic mass is 9.94. The molecule has 1 aliphatic heterocycles. The van der Waals surface area contributed by atoms with Crippen LogP contribution >= 0.6 is 11.9 Å². The molecule has 1 saturated heterocycles. The van der Waals surface area contributed by atoms with E-state index in [2.05, 4.69) is 68.5 Å². The summed E-state index contributed by atoms with van der Waals surface area (Å²) < 4.78 is 24.4. The Morgan fingerprint density at radius 3 is 2.33 bits per heavy atom. The standard InChI is InChI=1S/C24H40N2O5S.C7H8/c1-17(2)15-26(32-21-10-8-20(28-5)9-11-21)13-7-12-25-24(27)31-22-16-30-23(29-6)19(4)14-18(22)3;1-7-5-3-2-4-6-7/h8-11,17-19,22-23H,7,12-16H2,1-6H3,(H,25,27);2-6H,1H3. The molecule has 4 atom stereocenters. The van der Waals surface area contributed by atoms with Crippen molar-refractivity contribution < 1.29 is 23.7 Å². The van der Waals surface area contributed by atoms with Crippen molar-refractivity contribution in [3.05, 3.63) is 60.2 Å². The van der Waals surface area contributed by atoms with Gasteiger partial charge in [0.1, 0.15) is 11.9 Å². The average Bonchev–Trinajstić information content (AvgIpc) is 3.04. The number of benzene rings is 2. The first kappa shape index (κ1) is 32.9. The molecule has 2 aromatic rings. The van der Waals surface area contributed by atoms with Gasteiger partial charge in [-0.2, -0.15) is 0 Å². The van der Waals surface area contributed by atoms with E-state index in [9.17, 15) is 4.79 Å². The van der Waals surface area contributed by atoms with Crippen molar-refractivity contribution in [2.24, 2.45) is 17.8 Å². The summed E-state index contributed by atoms with van der Waals surface area (Å²) in [6, 6.07) is 18.3. The summed E-state index contributed by atoms with van der Waals surface area (Å²) in [7, 11) is 3.32. The number of ether oxygens (including phenoxy) is 4. The van der Waals surface area contributed by atoms with Gasteiger partial charge >= 0.3 is 6.09 Å². The Balaban J connectivity index is 0.000000658. The fourth-order valence-electron chi connectivity index (χ4n) is 4.34. The number of nitrogens with zero attached hydrogens (tertiary/aromatic N) is 1. The highest BCUT2D eigenvalue weighted by molar-refractivity contribution is 7.97. The molecule has 1 N–H and O–H groups in total. The van der Waals surface area contributed by atoms with Crippen molar-refractivity contribution in [1.82, 2.24) is 9.62 Å². The summed E-state index contributed by atoms with van der Waals surface area (Å²) in [5, 5.41) is 2.89. The Bertz CT molecular complexity index is 928. The third-order valence-corrected chi connectivity index (χ3v) is 7.49. The fourth-order valence-corrected chi connectivity index (χ4v) is 5.49. The summed E-state index contributed by atoms with van der Waals surface area (Å²) in [6.07, 6.45) is 0.838. The molecule has 2 aromatic carbocycles. The van der Waals surface area contributed by atoms with Crippen molar-refractivity contribution in [3.63, 3.8) is 0 Å². The minimum Gasteiger partial charge on any atom is -0.497 e. The van der Waals surface area contributed by atoms with Crippen LogP contribution in [0.4, 0.5) is 4.79 Å². The van der Waals surface area contributed by atoms with Gasteiger partial charge in [0.25, 0.3) is 0 Å².